The Balaban J connectivity index is 2.18. The van der Waals surface area contributed by atoms with Crippen molar-refractivity contribution in [3.8, 4) is 0 Å². The summed E-state index contributed by atoms with van der Waals surface area (Å²) in [5, 5.41) is 6.50. The molecule has 1 aromatic carbocycles. The highest BCUT2D eigenvalue weighted by Gasteiger charge is 2.05. The van der Waals surface area contributed by atoms with Crippen LogP contribution in [-0.4, -0.2) is 22.8 Å². The zero-order chi connectivity index (χ0) is 14.4. The fraction of sp³-hybridized carbons (Fsp3) is 0.286. The quantitative estimate of drug-likeness (QED) is 0.748. The number of nitrogens with one attached hydrogen (secondary N) is 2. The molecule has 0 unspecified atom stereocenters. The van der Waals surface area contributed by atoms with E-state index in [0.29, 0.717) is 5.95 Å². The maximum atomic E-state index is 4.47. The SMILES string of the molecule is CCCNc1ncc(Br)c(Nc2cccc(SC)c2)n1. The standard InChI is InChI=1S/C14H17BrN4S/c1-3-7-16-14-17-9-12(15)13(19-14)18-10-5-4-6-11(8-10)20-2/h4-6,8-9H,3,7H2,1-2H3,(H2,16,17,18,19). The predicted octanol–water partition coefficient (Wildman–Crippen LogP) is 4.53. The monoisotopic (exact) mass is 352 g/mol. The lowest BCUT2D eigenvalue weighted by Gasteiger charge is -2.10. The fourth-order valence-electron chi connectivity index (χ4n) is 1.61. The molecule has 0 saturated carbocycles. The van der Waals surface area contributed by atoms with E-state index in [1.54, 1.807) is 18.0 Å². The Morgan fingerprint density at radius 3 is 2.95 bits per heavy atom. The third-order valence-corrected chi connectivity index (χ3v) is 3.92. The van der Waals surface area contributed by atoms with Crippen LogP contribution in [0.4, 0.5) is 17.5 Å². The molecule has 20 heavy (non-hydrogen) atoms. The summed E-state index contributed by atoms with van der Waals surface area (Å²) < 4.78 is 0.842. The molecule has 0 radical (unpaired) electrons. The number of aromatic nitrogens is 2. The number of benzene rings is 1. The van der Waals surface area contributed by atoms with Crippen molar-refractivity contribution >= 4 is 45.1 Å². The van der Waals surface area contributed by atoms with Crippen molar-refractivity contribution < 1.29 is 0 Å². The minimum absolute atomic E-state index is 0.638. The summed E-state index contributed by atoms with van der Waals surface area (Å²) >= 11 is 5.19. The van der Waals surface area contributed by atoms with E-state index >= 15 is 0 Å². The summed E-state index contributed by atoms with van der Waals surface area (Å²) in [6.07, 6.45) is 4.86. The molecule has 0 amide bonds. The Kier molecular flexibility index (Phi) is 5.67. The molecule has 0 saturated heterocycles. The molecule has 0 aliphatic rings. The van der Waals surface area contributed by atoms with Crippen LogP contribution in [0.1, 0.15) is 13.3 Å². The van der Waals surface area contributed by atoms with Crippen molar-refractivity contribution in [2.24, 2.45) is 0 Å². The molecule has 0 bridgehead atoms. The lowest BCUT2D eigenvalue weighted by molar-refractivity contribution is 0.952. The van der Waals surface area contributed by atoms with Gasteiger partial charge in [0.15, 0.2) is 0 Å². The molecule has 2 aromatic rings. The Morgan fingerprint density at radius 2 is 2.20 bits per heavy atom. The van der Waals surface area contributed by atoms with Crippen LogP contribution in [0.2, 0.25) is 0 Å². The third-order valence-electron chi connectivity index (χ3n) is 2.61. The number of halogens is 1. The van der Waals surface area contributed by atoms with E-state index in [2.05, 4.69) is 61.8 Å². The van der Waals surface area contributed by atoms with E-state index in [-0.39, 0.29) is 0 Å². The molecular weight excluding hydrogens is 336 g/mol. The Hall–Kier alpha value is -1.27. The molecule has 2 rings (SSSR count). The van der Waals surface area contributed by atoms with Crippen molar-refractivity contribution in [2.45, 2.75) is 18.2 Å². The number of hydrogen-bond donors (Lipinski definition) is 2. The molecule has 0 aliphatic carbocycles. The van der Waals surface area contributed by atoms with Gasteiger partial charge in [0.05, 0.1) is 4.47 Å². The van der Waals surface area contributed by atoms with Gasteiger partial charge >= 0.3 is 0 Å². The minimum Gasteiger partial charge on any atom is -0.354 e. The average molecular weight is 353 g/mol. The van der Waals surface area contributed by atoms with Crippen molar-refractivity contribution in [3.63, 3.8) is 0 Å². The Labute approximate surface area is 131 Å². The maximum absolute atomic E-state index is 4.47. The number of anilines is 3. The number of thioether (sulfide) groups is 1. The highest BCUT2D eigenvalue weighted by molar-refractivity contribution is 9.10. The van der Waals surface area contributed by atoms with E-state index in [1.807, 2.05) is 12.1 Å². The largest absolute Gasteiger partial charge is 0.354 e. The van der Waals surface area contributed by atoms with Gasteiger partial charge in [-0.2, -0.15) is 4.98 Å². The van der Waals surface area contributed by atoms with Crippen LogP contribution in [-0.2, 0) is 0 Å². The van der Waals surface area contributed by atoms with Gasteiger partial charge in [-0.15, -0.1) is 11.8 Å². The summed E-state index contributed by atoms with van der Waals surface area (Å²) in [5.41, 5.74) is 1.01. The summed E-state index contributed by atoms with van der Waals surface area (Å²) in [4.78, 5) is 9.92. The molecule has 4 nitrogen and oxygen atoms in total. The predicted molar refractivity (Wildman–Crippen MR) is 90.0 cm³/mol. The van der Waals surface area contributed by atoms with E-state index in [0.717, 1.165) is 28.9 Å². The summed E-state index contributed by atoms with van der Waals surface area (Å²) in [6.45, 7) is 2.97. The second-order valence-corrected chi connectivity index (χ2v) is 5.91. The summed E-state index contributed by atoms with van der Waals surface area (Å²) in [7, 11) is 0. The topological polar surface area (TPSA) is 49.8 Å². The van der Waals surface area contributed by atoms with Crippen LogP contribution in [0, 0.1) is 0 Å². The second kappa shape index (κ2) is 7.50. The Morgan fingerprint density at radius 1 is 1.35 bits per heavy atom. The third kappa shape index (κ3) is 4.11. The van der Waals surface area contributed by atoms with E-state index in [1.165, 1.54) is 4.90 Å². The zero-order valence-electron chi connectivity index (χ0n) is 11.5. The van der Waals surface area contributed by atoms with Gasteiger partial charge in [-0.1, -0.05) is 13.0 Å². The number of nitrogens with zero attached hydrogens (tertiary/aromatic N) is 2. The number of hydrogen-bond acceptors (Lipinski definition) is 5. The van der Waals surface area contributed by atoms with Crippen molar-refractivity contribution in [1.82, 2.24) is 9.97 Å². The first-order valence-electron chi connectivity index (χ1n) is 6.40. The van der Waals surface area contributed by atoms with Gasteiger partial charge in [-0.3, -0.25) is 0 Å². The second-order valence-electron chi connectivity index (χ2n) is 4.17. The molecule has 0 fully saturated rings. The summed E-state index contributed by atoms with van der Waals surface area (Å²) in [5.74, 6) is 1.40. The molecule has 1 aromatic heterocycles. The van der Waals surface area contributed by atoms with Gasteiger partial charge in [0.2, 0.25) is 5.95 Å². The van der Waals surface area contributed by atoms with Crippen molar-refractivity contribution in [3.05, 3.63) is 34.9 Å². The first kappa shape index (κ1) is 15.1. The molecular formula is C14H17BrN4S. The minimum atomic E-state index is 0.638. The molecule has 0 aliphatic heterocycles. The van der Waals surface area contributed by atoms with Crippen LogP contribution in [0.3, 0.4) is 0 Å². The Bertz CT molecular complexity index is 577. The molecule has 2 N–H and O–H groups in total. The van der Waals surface area contributed by atoms with Gasteiger partial charge in [-0.05, 0) is 46.8 Å². The lowest BCUT2D eigenvalue weighted by Crippen LogP contribution is -2.06. The van der Waals surface area contributed by atoms with E-state index in [4.69, 9.17) is 0 Å². The van der Waals surface area contributed by atoms with Crippen LogP contribution in [0.25, 0.3) is 0 Å². The van der Waals surface area contributed by atoms with Crippen LogP contribution < -0.4 is 10.6 Å². The van der Waals surface area contributed by atoms with Crippen LogP contribution >= 0.6 is 27.7 Å². The molecule has 6 heteroatoms. The van der Waals surface area contributed by atoms with Gasteiger partial charge in [-0.25, -0.2) is 4.98 Å². The van der Waals surface area contributed by atoms with Gasteiger partial charge in [0.25, 0.3) is 0 Å². The van der Waals surface area contributed by atoms with Crippen LogP contribution in [0.15, 0.2) is 39.8 Å². The fourth-order valence-corrected chi connectivity index (χ4v) is 2.36. The van der Waals surface area contributed by atoms with Crippen molar-refractivity contribution in [1.29, 1.82) is 0 Å². The average Bonchev–Trinajstić information content (AvgIpc) is 2.48. The molecule has 1 heterocycles. The van der Waals surface area contributed by atoms with E-state index in [9.17, 15) is 0 Å². The lowest BCUT2D eigenvalue weighted by atomic mass is 10.3. The first-order chi connectivity index (χ1) is 9.72. The molecule has 0 atom stereocenters. The normalized spacial score (nSPS) is 10.3. The van der Waals surface area contributed by atoms with Gasteiger partial charge < -0.3 is 10.6 Å². The molecule has 0 spiro atoms. The van der Waals surface area contributed by atoms with E-state index < -0.39 is 0 Å². The van der Waals surface area contributed by atoms with Crippen molar-refractivity contribution in [2.75, 3.05) is 23.4 Å². The highest BCUT2D eigenvalue weighted by atomic mass is 79.9. The number of rotatable bonds is 6. The van der Waals surface area contributed by atoms with Gasteiger partial charge in [0, 0.05) is 23.3 Å². The van der Waals surface area contributed by atoms with Crippen LogP contribution in [0.5, 0.6) is 0 Å². The smallest absolute Gasteiger partial charge is 0.224 e. The summed E-state index contributed by atoms with van der Waals surface area (Å²) in [6, 6.07) is 8.23. The molecule has 106 valence electrons. The van der Waals surface area contributed by atoms with Gasteiger partial charge in [0.1, 0.15) is 5.82 Å². The first-order valence-corrected chi connectivity index (χ1v) is 8.42. The highest BCUT2D eigenvalue weighted by Crippen LogP contribution is 2.26. The zero-order valence-corrected chi connectivity index (χ0v) is 13.9. The maximum Gasteiger partial charge on any atom is 0.224 e.